The molecule has 0 amide bonds. The molecular weight excluding hydrogens is 320 g/mol. The molecule has 0 spiro atoms. The average molecular weight is 341 g/mol. The fourth-order valence-corrected chi connectivity index (χ4v) is 3.46. The van der Waals surface area contributed by atoms with Crippen LogP contribution in [0.3, 0.4) is 0 Å². The highest BCUT2D eigenvalue weighted by Gasteiger charge is 2.20. The maximum Gasteiger partial charge on any atom is 0.283 e. The zero-order valence-corrected chi connectivity index (χ0v) is 13.4. The normalized spacial score (nSPS) is 17.9. The fraction of sp³-hybridized carbons (Fsp3) is 0.600. The predicted molar refractivity (Wildman–Crippen MR) is 83.7 cm³/mol. The lowest BCUT2D eigenvalue weighted by Crippen LogP contribution is -2.34. The first-order valence-electron chi connectivity index (χ1n) is 7.24. The number of nitrogens with one attached hydrogen (secondary N) is 1. The lowest BCUT2D eigenvalue weighted by atomic mass is 9.84. The highest BCUT2D eigenvalue weighted by molar-refractivity contribution is 9.10. The summed E-state index contributed by atoms with van der Waals surface area (Å²) in [4.78, 5) is 10.6. The molecule has 0 bridgehead atoms. The molecule has 1 atom stereocenters. The number of nitrogens with zero attached hydrogens (tertiary/aromatic N) is 1. The van der Waals surface area contributed by atoms with Gasteiger partial charge in [0.2, 0.25) is 0 Å². The lowest BCUT2D eigenvalue weighted by Gasteiger charge is -2.28. The number of halogens is 1. The van der Waals surface area contributed by atoms with Crippen LogP contribution < -0.4 is 5.32 Å². The smallest absolute Gasteiger partial charge is 0.283 e. The summed E-state index contributed by atoms with van der Waals surface area (Å²) in [5, 5.41) is 14.4. The van der Waals surface area contributed by atoms with Crippen LogP contribution in [0.1, 0.15) is 44.6 Å². The first-order valence-corrected chi connectivity index (χ1v) is 8.04. The first-order chi connectivity index (χ1) is 9.59. The van der Waals surface area contributed by atoms with E-state index in [4.69, 9.17) is 0 Å². The summed E-state index contributed by atoms with van der Waals surface area (Å²) in [5.41, 5.74) is 1.08. The van der Waals surface area contributed by atoms with E-state index in [9.17, 15) is 10.1 Å². The van der Waals surface area contributed by atoms with Crippen LogP contribution in [0.25, 0.3) is 0 Å². The largest absolute Gasteiger partial charge is 0.310 e. The van der Waals surface area contributed by atoms with Gasteiger partial charge in [0.15, 0.2) is 0 Å². The van der Waals surface area contributed by atoms with Crippen molar-refractivity contribution in [2.24, 2.45) is 5.92 Å². The molecular formula is C15H21BrN2O2. The Morgan fingerprint density at radius 3 is 2.75 bits per heavy atom. The van der Waals surface area contributed by atoms with E-state index in [1.807, 2.05) is 6.07 Å². The van der Waals surface area contributed by atoms with E-state index in [0.717, 1.165) is 11.5 Å². The van der Waals surface area contributed by atoms with E-state index in [2.05, 4.69) is 28.2 Å². The molecule has 0 saturated heterocycles. The topological polar surface area (TPSA) is 55.2 Å². The molecule has 110 valence electrons. The summed E-state index contributed by atoms with van der Waals surface area (Å²) < 4.78 is 0.591. The van der Waals surface area contributed by atoms with Gasteiger partial charge in [0, 0.05) is 18.7 Å². The highest BCUT2D eigenvalue weighted by Crippen LogP contribution is 2.29. The Kier molecular flexibility index (Phi) is 5.54. The van der Waals surface area contributed by atoms with Gasteiger partial charge >= 0.3 is 0 Å². The van der Waals surface area contributed by atoms with E-state index < -0.39 is 0 Å². The number of hydrogen-bond acceptors (Lipinski definition) is 3. The molecule has 4 nitrogen and oxygen atoms in total. The summed E-state index contributed by atoms with van der Waals surface area (Å²) in [5.74, 6) is 0.737. The molecule has 0 heterocycles. The standard InChI is InChI=1S/C15H21BrN2O2/c1-11(12-6-3-2-4-7-12)17-10-13-8-5-9-14(15(13)16)18(19)20/h5,8-9,11-12,17H,2-4,6-7,10H2,1H3. The number of hydrogen-bond donors (Lipinski definition) is 1. The Bertz CT molecular complexity index is 473. The Morgan fingerprint density at radius 2 is 2.10 bits per heavy atom. The molecule has 0 aliphatic heterocycles. The average Bonchev–Trinajstić information content (AvgIpc) is 2.46. The molecule has 1 aromatic carbocycles. The summed E-state index contributed by atoms with van der Waals surface area (Å²) in [7, 11) is 0. The number of nitro benzene ring substituents is 1. The summed E-state index contributed by atoms with van der Waals surface area (Å²) >= 11 is 3.35. The van der Waals surface area contributed by atoms with E-state index in [1.165, 1.54) is 38.2 Å². The SMILES string of the molecule is CC(NCc1cccc([N+](=O)[O-])c1Br)C1CCCCC1. The minimum absolute atomic E-state index is 0.134. The Morgan fingerprint density at radius 1 is 1.40 bits per heavy atom. The molecule has 5 heteroatoms. The van der Waals surface area contributed by atoms with Crippen LogP contribution in [-0.4, -0.2) is 11.0 Å². The third-order valence-corrected chi connectivity index (χ3v) is 5.14. The van der Waals surface area contributed by atoms with Crippen molar-refractivity contribution in [3.05, 3.63) is 38.3 Å². The summed E-state index contributed by atoms with van der Waals surface area (Å²) in [6.45, 7) is 2.89. The van der Waals surface area contributed by atoms with Crippen molar-refractivity contribution in [3.63, 3.8) is 0 Å². The van der Waals surface area contributed by atoms with Crippen LogP contribution in [-0.2, 0) is 6.54 Å². The minimum atomic E-state index is -0.349. The van der Waals surface area contributed by atoms with Gasteiger partial charge in [0.25, 0.3) is 5.69 Å². The Hall–Kier alpha value is -0.940. The highest BCUT2D eigenvalue weighted by atomic mass is 79.9. The first kappa shape index (κ1) is 15.4. The van der Waals surface area contributed by atoms with Crippen LogP contribution in [0.2, 0.25) is 0 Å². The zero-order valence-electron chi connectivity index (χ0n) is 11.8. The van der Waals surface area contributed by atoms with E-state index in [0.29, 0.717) is 17.1 Å². The van der Waals surface area contributed by atoms with E-state index >= 15 is 0 Å². The van der Waals surface area contributed by atoms with Crippen LogP contribution >= 0.6 is 15.9 Å². The molecule has 1 aromatic rings. The van der Waals surface area contributed by atoms with Crippen LogP contribution in [0.4, 0.5) is 5.69 Å². The van der Waals surface area contributed by atoms with Crippen LogP contribution in [0.5, 0.6) is 0 Å². The molecule has 1 fully saturated rings. The van der Waals surface area contributed by atoms with Crippen molar-refractivity contribution in [3.8, 4) is 0 Å². The second-order valence-electron chi connectivity index (χ2n) is 5.58. The quantitative estimate of drug-likeness (QED) is 0.637. The van der Waals surface area contributed by atoms with Crippen molar-refractivity contribution in [1.29, 1.82) is 0 Å². The second-order valence-corrected chi connectivity index (χ2v) is 6.37. The third kappa shape index (κ3) is 3.79. The maximum atomic E-state index is 10.9. The van der Waals surface area contributed by atoms with Gasteiger partial charge in [-0.15, -0.1) is 0 Å². The zero-order chi connectivity index (χ0) is 14.5. The van der Waals surface area contributed by atoms with Gasteiger partial charge in [-0.25, -0.2) is 0 Å². The lowest BCUT2D eigenvalue weighted by molar-refractivity contribution is -0.385. The molecule has 1 saturated carbocycles. The van der Waals surface area contributed by atoms with Gasteiger partial charge in [0.05, 0.1) is 9.40 Å². The molecule has 1 aliphatic carbocycles. The fourth-order valence-electron chi connectivity index (χ4n) is 2.92. The summed E-state index contributed by atoms with van der Waals surface area (Å²) in [6.07, 6.45) is 6.61. The van der Waals surface area contributed by atoms with Gasteiger partial charge in [-0.2, -0.15) is 0 Å². The van der Waals surface area contributed by atoms with Gasteiger partial charge in [-0.05, 0) is 47.2 Å². The van der Waals surface area contributed by atoms with Crippen LogP contribution in [0, 0.1) is 16.0 Å². The van der Waals surface area contributed by atoms with Crippen molar-refractivity contribution in [2.45, 2.75) is 51.6 Å². The van der Waals surface area contributed by atoms with Gasteiger partial charge in [0.1, 0.15) is 0 Å². The molecule has 1 unspecified atom stereocenters. The van der Waals surface area contributed by atoms with Crippen molar-refractivity contribution in [1.82, 2.24) is 5.32 Å². The molecule has 1 aliphatic rings. The third-order valence-electron chi connectivity index (χ3n) is 4.23. The number of rotatable bonds is 5. The number of benzene rings is 1. The Labute approximate surface area is 128 Å². The predicted octanol–water partition coefficient (Wildman–Crippen LogP) is 4.42. The molecule has 1 N–H and O–H groups in total. The Balaban J connectivity index is 1.96. The minimum Gasteiger partial charge on any atom is -0.310 e. The molecule has 0 aromatic heterocycles. The molecule has 20 heavy (non-hydrogen) atoms. The van der Waals surface area contributed by atoms with Gasteiger partial charge < -0.3 is 5.32 Å². The van der Waals surface area contributed by atoms with Crippen molar-refractivity contribution >= 4 is 21.6 Å². The van der Waals surface area contributed by atoms with Crippen LogP contribution in [0.15, 0.2) is 22.7 Å². The van der Waals surface area contributed by atoms with E-state index in [1.54, 1.807) is 6.07 Å². The number of nitro groups is 1. The van der Waals surface area contributed by atoms with Crippen molar-refractivity contribution in [2.75, 3.05) is 0 Å². The van der Waals surface area contributed by atoms with Gasteiger partial charge in [-0.3, -0.25) is 10.1 Å². The van der Waals surface area contributed by atoms with E-state index in [-0.39, 0.29) is 10.6 Å². The molecule has 0 radical (unpaired) electrons. The van der Waals surface area contributed by atoms with Crippen molar-refractivity contribution < 1.29 is 4.92 Å². The maximum absolute atomic E-state index is 10.9. The molecule has 2 rings (SSSR count). The van der Waals surface area contributed by atoms with Gasteiger partial charge in [-0.1, -0.05) is 31.4 Å². The monoisotopic (exact) mass is 340 g/mol. The summed E-state index contributed by atoms with van der Waals surface area (Å²) in [6, 6.07) is 5.66. The second kappa shape index (κ2) is 7.18.